The molecule has 0 aliphatic carbocycles. The molecular formula is C21H23N3. The van der Waals surface area contributed by atoms with Crippen molar-refractivity contribution in [3.63, 3.8) is 0 Å². The minimum Gasteiger partial charge on any atom is -0.314 e. The molecule has 3 heteroatoms. The van der Waals surface area contributed by atoms with E-state index in [1.807, 2.05) is 18.5 Å². The number of nitrogens with one attached hydrogen (secondary N) is 1. The van der Waals surface area contributed by atoms with Crippen LogP contribution in [0.4, 0.5) is 0 Å². The molecular weight excluding hydrogens is 294 g/mol. The van der Waals surface area contributed by atoms with Crippen LogP contribution in [0.1, 0.15) is 17.2 Å². The Hall–Kier alpha value is -2.23. The molecule has 1 unspecified atom stereocenters. The van der Waals surface area contributed by atoms with E-state index >= 15 is 0 Å². The van der Waals surface area contributed by atoms with Gasteiger partial charge in [-0.1, -0.05) is 48.5 Å². The highest BCUT2D eigenvalue weighted by Crippen LogP contribution is 2.22. The lowest BCUT2D eigenvalue weighted by Crippen LogP contribution is -2.46. The number of aromatic nitrogens is 1. The molecule has 3 aromatic rings. The van der Waals surface area contributed by atoms with E-state index in [0.717, 1.165) is 32.6 Å². The van der Waals surface area contributed by atoms with Gasteiger partial charge in [-0.25, -0.2) is 0 Å². The second kappa shape index (κ2) is 7.12. The number of benzene rings is 2. The number of hydrogen-bond donors (Lipinski definition) is 1. The van der Waals surface area contributed by atoms with Crippen LogP contribution in [0.15, 0.2) is 67.0 Å². The third kappa shape index (κ3) is 3.32. The molecule has 0 radical (unpaired) electrons. The number of hydrogen-bond acceptors (Lipinski definition) is 3. The van der Waals surface area contributed by atoms with Crippen molar-refractivity contribution in [2.24, 2.45) is 0 Å². The van der Waals surface area contributed by atoms with Crippen LogP contribution in [0.5, 0.6) is 0 Å². The lowest BCUT2D eigenvalue weighted by atomic mass is 10.0. The Morgan fingerprint density at radius 3 is 2.83 bits per heavy atom. The van der Waals surface area contributed by atoms with E-state index in [4.69, 9.17) is 0 Å². The summed E-state index contributed by atoms with van der Waals surface area (Å²) in [4.78, 5) is 6.88. The number of piperazine rings is 1. The minimum absolute atomic E-state index is 0.424. The summed E-state index contributed by atoms with van der Waals surface area (Å²) in [5.41, 5.74) is 2.72. The quantitative estimate of drug-likeness (QED) is 0.799. The number of nitrogens with zero attached hydrogens (tertiary/aromatic N) is 2. The topological polar surface area (TPSA) is 28.2 Å². The summed E-state index contributed by atoms with van der Waals surface area (Å²) < 4.78 is 0. The Kier molecular flexibility index (Phi) is 4.54. The number of rotatable bonds is 4. The molecule has 0 bridgehead atoms. The van der Waals surface area contributed by atoms with Gasteiger partial charge in [-0.2, -0.15) is 0 Å². The summed E-state index contributed by atoms with van der Waals surface area (Å²) in [7, 11) is 0. The van der Waals surface area contributed by atoms with Crippen LogP contribution >= 0.6 is 0 Å². The van der Waals surface area contributed by atoms with Crippen molar-refractivity contribution in [3.8, 4) is 0 Å². The normalized spacial score (nSPS) is 18.8. The molecule has 1 saturated heterocycles. The molecule has 2 aromatic carbocycles. The average molecular weight is 317 g/mol. The Bertz CT molecular complexity index is 800. The summed E-state index contributed by atoms with van der Waals surface area (Å²) in [6.07, 6.45) is 4.93. The van der Waals surface area contributed by atoms with Gasteiger partial charge in [0.05, 0.1) is 0 Å². The van der Waals surface area contributed by atoms with Crippen molar-refractivity contribution in [1.29, 1.82) is 0 Å². The van der Waals surface area contributed by atoms with E-state index in [-0.39, 0.29) is 0 Å². The fourth-order valence-corrected chi connectivity index (χ4v) is 3.58. The zero-order valence-corrected chi connectivity index (χ0v) is 13.9. The van der Waals surface area contributed by atoms with Crippen molar-refractivity contribution in [2.45, 2.75) is 12.5 Å². The van der Waals surface area contributed by atoms with Crippen molar-refractivity contribution < 1.29 is 0 Å². The Morgan fingerprint density at radius 2 is 1.96 bits per heavy atom. The Balaban J connectivity index is 1.48. The largest absolute Gasteiger partial charge is 0.314 e. The van der Waals surface area contributed by atoms with Crippen LogP contribution in [0.25, 0.3) is 10.8 Å². The lowest BCUT2D eigenvalue weighted by molar-refractivity contribution is 0.164. The molecule has 2 heterocycles. The molecule has 0 saturated carbocycles. The van der Waals surface area contributed by atoms with E-state index in [1.54, 1.807) is 0 Å². The highest BCUT2D eigenvalue weighted by atomic mass is 15.2. The van der Waals surface area contributed by atoms with Gasteiger partial charge in [0.1, 0.15) is 0 Å². The Morgan fingerprint density at radius 1 is 1.04 bits per heavy atom. The van der Waals surface area contributed by atoms with Gasteiger partial charge in [0.25, 0.3) is 0 Å². The highest BCUT2D eigenvalue weighted by molar-refractivity contribution is 5.82. The van der Waals surface area contributed by atoms with Crippen molar-refractivity contribution in [2.75, 3.05) is 26.2 Å². The lowest BCUT2D eigenvalue weighted by Gasteiger charge is -2.36. The van der Waals surface area contributed by atoms with Gasteiger partial charge < -0.3 is 5.32 Å². The first-order valence-corrected chi connectivity index (χ1v) is 8.72. The van der Waals surface area contributed by atoms with Crippen LogP contribution < -0.4 is 5.32 Å². The molecule has 4 rings (SSSR count). The summed E-state index contributed by atoms with van der Waals surface area (Å²) in [6.45, 7) is 4.24. The molecule has 1 N–H and O–H groups in total. The first kappa shape index (κ1) is 15.3. The summed E-state index contributed by atoms with van der Waals surface area (Å²) in [6, 6.07) is 20.1. The SMILES string of the molecule is c1cncc(C2CNCCN2CCc2ccc3ccccc3c2)c1. The Labute approximate surface area is 143 Å². The molecule has 122 valence electrons. The number of pyridine rings is 1. The second-order valence-electron chi connectivity index (χ2n) is 6.47. The predicted octanol–water partition coefficient (Wildman–Crippen LogP) is 3.42. The maximum absolute atomic E-state index is 4.29. The van der Waals surface area contributed by atoms with Gasteiger partial charge in [-0.3, -0.25) is 9.88 Å². The van der Waals surface area contributed by atoms with Gasteiger partial charge in [0, 0.05) is 44.6 Å². The van der Waals surface area contributed by atoms with E-state index in [9.17, 15) is 0 Å². The van der Waals surface area contributed by atoms with E-state index in [2.05, 4.69) is 63.7 Å². The molecule has 0 spiro atoms. The third-order valence-electron chi connectivity index (χ3n) is 4.93. The van der Waals surface area contributed by atoms with Crippen LogP contribution in [-0.4, -0.2) is 36.1 Å². The van der Waals surface area contributed by atoms with E-state index < -0.39 is 0 Å². The average Bonchev–Trinajstić information content (AvgIpc) is 2.67. The molecule has 1 aromatic heterocycles. The van der Waals surface area contributed by atoms with Crippen LogP contribution in [-0.2, 0) is 6.42 Å². The predicted molar refractivity (Wildman–Crippen MR) is 99.1 cm³/mol. The minimum atomic E-state index is 0.424. The monoisotopic (exact) mass is 317 g/mol. The summed E-state index contributed by atoms with van der Waals surface area (Å²) >= 11 is 0. The van der Waals surface area contributed by atoms with Crippen LogP contribution in [0.3, 0.4) is 0 Å². The maximum Gasteiger partial charge on any atom is 0.0488 e. The standard InChI is InChI=1S/C21H23N3/c1-2-5-19-14-17(7-8-18(19)4-1)9-12-24-13-11-23-16-21(24)20-6-3-10-22-15-20/h1-8,10,14-15,21,23H,9,11-13,16H2. The van der Waals surface area contributed by atoms with Crippen LogP contribution in [0.2, 0.25) is 0 Å². The first-order chi connectivity index (χ1) is 11.9. The highest BCUT2D eigenvalue weighted by Gasteiger charge is 2.23. The molecule has 1 aliphatic rings. The molecule has 24 heavy (non-hydrogen) atoms. The van der Waals surface area contributed by atoms with Crippen molar-refractivity contribution in [3.05, 3.63) is 78.1 Å². The summed E-state index contributed by atoms with van der Waals surface area (Å²) in [5.74, 6) is 0. The fourth-order valence-electron chi connectivity index (χ4n) is 3.58. The third-order valence-corrected chi connectivity index (χ3v) is 4.93. The van der Waals surface area contributed by atoms with Gasteiger partial charge in [-0.05, 0) is 34.4 Å². The van der Waals surface area contributed by atoms with Crippen LogP contribution in [0, 0.1) is 0 Å². The van der Waals surface area contributed by atoms with Gasteiger partial charge >= 0.3 is 0 Å². The summed E-state index contributed by atoms with van der Waals surface area (Å²) in [5, 5.41) is 6.17. The van der Waals surface area contributed by atoms with E-state index in [1.165, 1.54) is 21.9 Å². The molecule has 3 nitrogen and oxygen atoms in total. The number of fused-ring (bicyclic) bond motifs is 1. The first-order valence-electron chi connectivity index (χ1n) is 8.72. The zero-order valence-electron chi connectivity index (χ0n) is 13.9. The second-order valence-corrected chi connectivity index (χ2v) is 6.47. The van der Waals surface area contributed by atoms with Crippen molar-refractivity contribution in [1.82, 2.24) is 15.2 Å². The van der Waals surface area contributed by atoms with Gasteiger partial charge in [0.15, 0.2) is 0 Å². The van der Waals surface area contributed by atoms with Gasteiger partial charge in [-0.15, -0.1) is 0 Å². The van der Waals surface area contributed by atoms with Crippen molar-refractivity contribution >= 4 is 10.8 Å². The molecule has 1 aliphatic heterocycles. The van der Waals surface area contributed by atoms with Gasteiger partial charge in [0.2, 0.25) is 0 Å². The smallest absolute Gasteiger partial charge is 0.0488 e. The zero-order chi connectivity index (χ0) is 16.2. The maximum atomic E-state index is 4.29. The fraction of sp³-hybridized carbons (Fsp3) is 0.286. The molecule has 0 amide bonds. The molecule has 1 atom stereocenters. The molecule has 1 fully saturated rings. The van der Waals surface area contributed by atoms with E-state index in [0.29, 0.717) is 6.04 Å².